The maximum atomic E-state index is 13.6. The lowest BCUT2D eigenvalue weighted by atomic mass is 9.46. The number of methoxy groups -OCH3 is 1. The number of rotatable bonds is 19. The van der Waals surface area contributed by atoms with Gasteiger partial charge in [-0.3, -0.25) is 48.0 Å². The monoisotopic (exact) mass is 1580 g/mol. The number of aliphatic hydroxyl groups is 3. The van der Waals surface area contributed by atoms with E-state index in [-0.39, 0.29) is 99.0 Å². The second kappa shape index (κ2) is 34.1. The second-order valence-corrected chi connectivity index (χ2v) is 32.6. The number of Topliss-reactive ketones (excluding diaryl/α,β-unsaturated/α-hetero) is 2. The first-order valence-electron chi connectivity index (χ1n) is 35.3. The number of aliphatic hydroxyl groups excluding tert-OH is 2. The van der Waals surface area contributed by atoms with E-state index in [9.17, 15) is 72.0 Å². The van der Waals surface area contributed by atoms with Crippen molar-refractivity contribution >= 4 is 131 Å². The van der Waals surface area contributed by atoms with E-state index >= 15 is 0 Å². The summed E-state index contributed by atoms with van der Waals surface area (Å²) in [5.41, 5.74) is 13.3. The van der Waals surface area contributed by atoms with Gasteiger partial charge in [-0.2, -0.15) is 9.97 Å². The largest absolute Gasteiger partial charge is 0.505 e. The number of nitrogens with zero attached hydrogens (tertiary/aromatic N) is 9. The number of nitrogens with one attached hydrogen (secondary N) is 2. The van der Waals surface area contributed by atoms with E-state index in [4.69, 9.17) is 26.0 Å². The Morgan fingerprint density at radius 2 is 1.57 bits per heavy atom. The number of sulfonamides is 1. The number of amides is 3. The first kappa shape index (κ1) is 82.5. The fourth-order valence-corrected chi connectivity index (χ4v) is 18.5. The highest BCUT2D eigenvalue weighted by molar-refractivity contribution is 7.99. The molecular formula is C77H87N13O18S3. The molecule has 34 heteroatoms. The molecule has 5 heterocycles. The van der Waals surface area contributed by atoms with Crippen LogP contribution in [-0.4, -0.2) is 194 Å². The van der Waals surface area contributed by atoms with Gasteiger partial charge in [0.2, 0.25) is 5.95 Å². The molecule has 4 aromatic carbocycles. The zero-order valence-electron chi connectivity index (χ0n) is 62.3. The summed E-state index contributed by atoms with van der Waals surface area (Å²) in [4.78, 5) is 138. The first-order chi connectivity index (χ1) is 52.5. The first-order valence-corrected chi connectivity index (χ1v) is 38.4. The van der Waals surface area contributed by atoms with E-state index in [1.54, 1.807) is 72.6 Å². The van der Waals surface area contributed by atoms with Crippen molar-refractivity contribution in [2.24, 2.45) is 28.6 Å². The number of allylic oxidation sites excluding steroid dienone is 4. The molecule has 586 valence electrons. The molecule has 6 aliphatic rings. The Kier molecular flexibility index (Phi) is 25.3. The van der Waals surface area contributed by atoms with E-state index in [2.05, 4.69) is 35.6 Å². The maximum Gasteiger partial charge on any atom is 0.326 e. The van der Waals surface area contributed by atoms with Crippen LogP contribution in [0, 0.1) is 35.5 Å². The summed E-state index contributed by atoms with van der Waals surface area (Å²) >= 11 is 2.79. The van der Waals surface area contributed by atoms with Gasteiger partial charge in [0.1, 0.15) is 29.8 Å². The van der Waals surface area contributed by atoms with Crippen molar-refractivity contribution in [3.05, 3.63) is 166 Å². The number of thiazole rings is 1. The van der Waals surface area contributed by atoms with E-state index in [0.29, 0.717) is 54.5 Å². The molecule has 0 radical (unpaired) electrons. The average molecular weight is 1580 g/mol. The number of carboxylic acid groups (broad SMARTS) is 2. The number of aryl methyl sites for hydroxylation is 1. The van der Waals surface area contributed by atoms with Crippen molar-refractivity contribution in [2.75, 3.05) is 81.6 Å². The summed E-state index contributed by atoms with van der Waals surface area (Å²) in [6, 6.07) is 26.5. The molecule has 7 aromatic rings. The number of hydrogen-bond acceptors (Lipinski definition) is 27. The van der Waals surface area contributed by atoms with Gasteiger partial charge in [-0.15, -0.1) is 23.1 Å². The summed E-state index contributed by atoms with van der Waals surface area (Å²) < 4.78 is 36.6. The fourth-order valence-electron chi connectivity index (χ4n) is 15.1. The van der Waals surface area contributed by atoms with Gasteiger partial charge in [0.15, 0.2) is 51.2 Å². The Morgan fingerprint density at radius 1 is 0.874 bits per heavy atom. The van der Waals surface area contributed by atoms with Gasteiger partial charge in [-0.1, -0.05) is 61.9 Å². The van der Waals surface area contributed by atoms with Crippen LogP contribution >= 0.6 is 23.1 Å². The molecule has 9 atom stereocenters. The summed E-state index contributed by atoms with van der Waals surface area (Å²) in [5.74, 6) is -4.57. The van der Waals surface area contributed by atoms with Gasteiger partial charge in [-0.05, 0) is 143 Å². The highest BCUT2D eigenvalue weighted by Crippen LogP contribution is 2.66. The quantitative estimate of drug-likeness (QED) is 0.0357. The minimum Gasteiger partial charge on any atom is -0.505 e. The number of nitrogen functional groups attached to an aromatic ring is 2. The number of carbonyl (C=O) groups is 9. The van der Waals surface area contributed by atoms with Gasteiger partial charge in [0.05, 0.1) is 41.4 Å². The number of aliphatic carboxylic acids is 2. The number of ketones is 3. The Labute approximate surface area is 647 Å². The van der Waals surface area contributed by atoms with E-state index < -0.39 is 80.7 Å². The molecule has 13 rings (SSSR count). The highest BCUT2D eigenvalue weighted by Gasteiger charge is 2.68. The zero-order chi connectivity index (χ0) is 80.8. The number of esters is 1. The topological polar surface area (TPSA) is 461 Å². The van der Waals surface area contributed by atoms with Crippen LogP contribution in [0.15, 0.2) is 149 Å². The summed E-state index contributed by atoms with van der Waals surface area (Å²) in [6.45, 7) is 7.94. The molecule has 0 unspecified atom stereocenters. The van der Waals surface area contributed by atoms with Crippen LogP contribution in [0.2, 0.25) is 0 Å². The number of likely N-dealkylation sites (N-methyl/N-ethyl adjacent to an activating group) is 2. The van der Waals surface area contributed by atoms with Crippen molar-refractivity contribution < 1.29 is 86.6 Å². The zero-order valence-corrected chi connectivity index (χ0v) is 64.8. The molecule has 3 amide bonds. The highest BCUT2D eigenvalue weighted by atomic mass is 32.2. The molecule has 0 saturated heterocycles. The molecule has 31 nitrogen and oxygen atoms in total. The Morgan fingerprint density at radius 3 is 2.22 bits per heavy atom. The minimum atomic E-state index is -3.90. The summed E-state index contributed by atoms with van der Waals surface area (Å²) in [7, 11) is 4.68. The van der Waals surface area contributed by atoms with Crippen LogP contribution in [-0.2, 0) is 59.7 Å². The Hall–Kier alpha value is -11.0. The molecular weight excluding hydrogens is 1490 g/mol. The van der Waals surface area contributed by atoms with E-state index in [1.807, 2.05) is 106 Å². The van der Waals surface area contributed by atoms with Gasteiger partial charge in [-0.25, -0.2) is 28.2 Å². The molecule has 111 heavy (non-hydrogen) atoms. The lowest BCUT2D eigenvalue weighted by molar-refractivity contribution is -0.168. The van der Waals surface area contributed by atoms with Gasteiger partial charge < -0.3 is 66.5 Å². The second-order valence-electron chi connectivity index (χ2n) is 28.2. The standard InChI is InChI=1S/C22H26N2O4S.C21H26O5.C20H22N8O5.C14H13N3O4S2/c1-15(25)28-20-21(16-9-11-17(27-4)12-10-16)29-19-8-6-5-7-18(19)24(22(20)26)14-13-23(2)3;1-19-7-5-13(23)9-12(19)3-4-14-15-6-8-21(26,17(25)11-22)20(15,2)10-16(24)18(14)19;1-28(9-11-8-23-17-15(24-11)16(21)26-20(22)27-17)12-4-2-10(3-5-12)18(31)25-13(19(32)33)6-7-14(29)30;1-8-7-15-14(22-8)16-13(19)11-12(18)9-5-3-4-6-10(9)23(20,21)17(11)2/h5-12,20-21H,13-14H2,1-4H3;5,7,9,14-15,18,22,26H,3-4,6,8,10-11H2,1-2H3;2-5,8,13H,6-7,9H2,1H3,(H,25,31)(H,29,30)(H,32,33)(H4,21,22,23,26,27);3-7,18H,1-2H3,(H,15,16,19)/t20-,21+;14-,15-,18+,19-,20-,21-;13-;/m100./s1. The van der Waals surface area contributed by atoms with E-state index in [1.165, 1.54) is 49.6 Å². The number of nitrogens with two attached hydrogens (primary N) is 2. The normalized spacial score (nSPS) is 22.8. The number of thioether (sulfide) groups is 1. The molecule has 11 N–H and O–H groups in total. The molecule has 3 saturated carbocycles. The third kappa shape index (κ3) is 17.6. The molecule has 0 spiro atoms. The predicted octanol–water partition coefficient (Wildman–Crippen LogP) is 7.35. The fraction of sp³-hybridized carbons (Fsp3) is 0.377. The average Bonchev–Trinajstić information content (AvgIpc) is 1.62. The van der Waals surface area contributed by atoms with Crippen molar-refractivity contribution in [3.8, 4) is 5.75 Å². The Bertz CT molecular complexity index is 5000. The van der Waals surface area contributed by atoms with Crippen LogP contribution in [0.1, 0.15) is 103 Å². The van der Waals surface area contributed by atoms with Crippen LogP contribution in [0.3, 0.4) is 0 Å². The Balaban J connectivity index is 0.000000158. The molecule has 3 fully saturated rings. The minimum absolute atomic E-state index is 0.0138. The maximum absolute atomic E-state index is 13.6. The lowest BCUT2D eigenvalue weighted by Crippen LogP contribution is -2.60. The van der Waals surface area contributed by atoms with Crippen molar-refractivity contribution in [1.82, 2.24) is 39.4 Å². The van der Waals surface area contributed by atoms with Crippen molar-refractivity contribution in [3.63, 3.8) is 0 Å². The van der Waals surface area contributed by atoms with Gasteiger partial charge in [0, 0.05) is 96.5 Å². The lowest BCUT2D eigenvalue weighted by Gasteiger charge is -2.56. The SMILES string of the molecule is CN(Cc1cnc2nc(N)nc(N)c2n1)c1ccc(C(=O)N[C@@H](CCC(=O)O)C(=O)O)cc1.COc1ccc([C@@H]2Sc3ccccc3N(CCN(C)C)C(=O)[C@@H]2OC(C)=O)cc1.C[C@]12C=CC(=O)C=C1CC[C@@H]1[C@@H]2C(=O)C[C@@]2(C)[C@H]1CC[C@]2(O)C(=O)CO.Cc1cnc(NC(=O)C2=C(O)c3ccccc3S(=O)(=O)N2C)s1. The number of carbonyl (C=O) groups excluding carboxylic acids is 7. The number of hydrogen-bond donors (Lipinski definition) is 9. The predicted molar refractivity (Wildman–Crippen MR) is 413 cm³/mol. The van der Waals surface area contributed by atoms with Crippen molar-refractivity contribution in [1.29, 1.82) is 0 Å². The molecule has 4 aliphatic carbocycles. The number of para-hydroxylation sites is 1. The van der Waals surface area contributed by atoms with Gasteiger partial charge >= 0.3 is 17.9 Å². The number of ether oxygens (including phenoxy) is 2. The molecule has 2 aliphatic heterocycles. The number of carboxylic acids is 2. The van der Waals surface area contributed by atoms with Crippen molar-refractivity contribution in [2.45, 2.75) is 112 Å². The number of benzene rings is 4. The number of aromatic nitrogens is 5. The van der Waals surface area contributed by atoms with Crippen LogP contribution in [0.25, 0.3) is 16.9 Å². The summed E-state index contributed by atoms with van der Waals surface area (Å²) in [6.07, 6.45) is 9.46. The molecule has 3 aromatic heterocycles. The van der Waals surface area contributed by atoms with Gasteiger partial charge in [0.25, 0.3) is 27.7 Å². The number of anilines is 5. The van der Waals surface area contributed by atoms with E-state index in [0.717, 1.165) is 55.2 Å². The summed E-state index contributed by atoms with van der Waals surface area (Å²) in [5, 5.41) is 53.6. The van der Waals surface area contributed by atoms with Crippen LogP contribution < -0.4 is 36.6 Å². The van der Waals surface area contributed by atoms with Crippen LogP contribution in [0.5, 0.6) is 5.75 Å². The smallest absolute Gasteiger partial charge is 0.326 e. The van der Waals surface area contributed by atoms with Crippen LogP contribution in [0.4, 0.5) is 28.3 Å². The molecule has 0 bridgehead atoms. The number of fused-ring (bicyclic) bond motifs is 8. The third-order valence-corrected chi connectivity index (χ3v) is 24.8. The third-order valence-electron chi connectivity index (χ3n) is 20.8.